The van der Waals surface area contributed by atoms with E-state index in [1.165, 1.54) is 6.07 Å². The summed E-state index contributed by atoms with van der Waals surface area (Å²) in [7, 11) is 0. The van der Waals surface area contributed by atoms with E-state index in [0.717, 1.165) is 11.3 Å². The van der Waals surface area contributed by atoms with Gasteiger partial charge in [0.05, 0.1) is 17.6 Å². The van der Waals surface area contributed by atoms with Crippen molar-refractivity contribution in [2.75, 3.05) is 11.4 Å². The van der Waals surface area contributed by atoms with Crippen molar-refractivity contribution in [1.29, 1.82) is 0 Å². The van der Waals surface area contributed by atoms with Gasteiger partial charge in [-0.25, -0.2) is 4.39 Å². The normalized spacial score (nSPS) is 18.0. The van der Waals surface area contributed by atoms with Crippen LogP contribution in [0.4, 0.5) is 10.1 Å². The highest BCUT2D eigenvalue weighted by Crippen LogP contribution is 2.35. The molecule has 1 unspecified atom stereocenters. The molecule has 1 atom stereocenters. The molecule has 0 bridgehead atoms. The van der Waals surface area contributed by atoms with Crippen LogP contribution < -0.4 is 10.6 Å². The minimum Gasteiger partial charge on any atom is -0.369 e. The second-order valence-corrected chi connectivity index (χ2v) is 5.42. The topological polar surface area (TPSA) is 41.6 Å². The number of hydrogen-bond acceptors (Lipinski definition) is 3. The van der Waals surface area contributed by atoms with Crippen molar-refractivity contribution >= 4 is 23.2 Å². The van der Waals surface area contributed by atoms with Gasteiger partial charge in [0.1, 0.15) is 5.82 Å². The second-order valence-electron chi connectivity index (χ2n) is 5.01. The molecule has 2 aromatic carbocycles. The van der Waals surface area contributed by atoms with E-state index >= 15 is 0 Å². The predicted molar refractivity (Wildman–Crippen MR) is 84.3 cm³/mol. The third-order valence-electron chi connectivity index (χ3n) is 3.70. The Bertz CT molecular complexity index is 714. The van der Waals surface area contributed by atoms with Crippen LogP contribution in [-0.2, 0) is 0 Å². The standard InChI is InChI=1S/C16H15ClFN3/c1-10-5-2-3-8-13(10)21-14(9-20-16(21)19)11-6-4-7-12(17)15(11)18/h2-8,14H,9H2,1H3,(H2,19,20). The molecule has 1 heterocycles. The Morgan fingerprint density at radius 3 is 2.76 bits per heavy atom. The quantitative estimate of drug-likeness (QED) is 0.920. The van der Waals surface area contributed by atoms with Gasteiger partial charge in [-0.15, -0.1) is 0 Å². The van der Waals surface area contributed by atoms with Gasteiger partial charge in [-0.05, 0) is 24.6 Å². The summed E-state index contributed by atoms with van der Waals surface area (Å²) in [5.74, 6) is -0.0127. The first kappa shape index (κ1) is 13.9. The van der Waals surface area contributed by atoms with Crippen molar-refractivity contribution in [3.05, 3.63) is 64.4 Å². The molecule has 0 amide bonds. The fraction of sp³-hybridized carbons (Fsp3) is 0.188. The zero-order chi connectivity index (χ0) is 15.0. The number of anilines is 1. The molecule has 0 spiro atoms. The minimum atomic E-state index is -0.410. The molecule has 0 radical (unpaired) electrons. The molecule has 3 nitrogen and oxygen atoms in total. The molecule has 3 rings (SSSR count). The van der Waals surface area contributed by atoms with Gasteiger partial charge in [0.15, 0.2) is 5.96 Å². The number of nitrogens with zero attached hydrogens (tertiary/aromatic N) is 2. The number of aryl methyl sites for hydroxylation is 1. The summed E-state index contributed by atoms with van der Waals surface area (Å²) in [6, 6.07) is 12.6. The lowest BCUT2D eigenvalue weighted by atomic mass is 10.0. The van der Waals surface area contributed by atoms with Gasteiger partial charge in [-0.1, -0.05) is 41.9 Å². The van der Waals surface area contributed by atoms with E-state index in [1.807, 2.05) is 36.1 Å². The van der Waals surface area contributed by atoms with Gasteiger partial charge in [0, 0.05) is 11.3 Å². The SMILES string of the molecule is Cc1ccccc1N1C(N)=NCC1c1cccc(Cl)c1F. The fourth-order valence-corrected chi connectivity index (χ4v) is 2.82. The molecule has 2 N–H and O–H groups in total. The summed E-state index contributed by atoms with van der Waals surface area (Å²) >= 11 is 5.89. The van der Waals surface area contributed by atoms with E-state index in [2.05, 4.69) is 4.99 Å². The Hall–Kier alpha value is -2.07. The molecule has 1 aliphatic rings. The third kappa shape index (κ3) is 2.36. The van der Waals surface area contributed by atoms with Crippen molar-refractivity contribution in [3.8, 4) is 0 Å². The van der Waals surface area contributed by atoms with Gasteiger partial charge < -0.3 is 10.6 Å². The molecule has 0 fully saturated rings. The highest BCUT2D eigenvalue weighted by atomic mass is 35.5. The van der Waals surface area contributed by atoms with Crippen LogP contribution in [0, 0.1) is 12.7 Å². The van der Waals surface area contributed by atoms with Crippen LogP contribution in [-0.4, -0.2) is 12.5 Å². The summed E-state index contributed by atoms with van der Waals surface area (Å²) in [6.45, 7) is 2.41. The van der Waals surface area contributed by atoms with Gasteiger partial charge in [-0.3, -0.25) is 4.99 Å². The highest BCUT2D eigenvalue weighted by molar-refractivity contribution is 6.30. The van der Waals surface area contributed by atoms with Crippen molar-refractivity contribution in [2.24, 2.45) is 10.7 Å². The monoisotopic (exact) mass is 303 g/mol. The van der Waals surface area contributed by atoms with Gasteiger partial charge in [-0.2, -0.15) is 0 Å². The summed E-state index contributed by atoms with van der Waals surface area (Å²) in [5, 5.41) is 0.114. The highest BCUT2D eigenvalue weighted by Gasteiger charge is 2.31. The lowest BCUT2D eigenvalue weighted by Crippen LogP contribution is -2.36. The Morgan fingerprint density at radius 2 is 2.00 bits per heavy atom. The van der Waals surface area contributed by atoms with E-state index in [1.54, 1.807) is 12.1 Å². The van der Waals surface area contributed by atoms with Gasteiger partial charge >= 0.3 is 0 Å². The number of rotatable bonds is 2. The van der Waals surface area contributed by atoms with Gasteiger partial charge in [0.2, 0.25) is 0 Å². The van der Waals surface area contributed by atoms with Crippen LogP contribution in [0.25, 0.3) is 0 Å². The first-order valence-corrected chi connectivity index (χ1v) is 7.06. The number of benzene rings is 2. The van der Waals surface area contributed by atoms with Crippen molar-refractivity contribution in [3.63, 3.8) is 0 Å². The molecule has 0 saturated carbocycles. The maximum absolute atomic E-state index is 14.3. The average molecular weight is 304 g/mol. The first-order chi connectivity index (χ1) is 10.1. The molecule has 0 saturated heterocycles. The van der Waals surface area contributed by atoms with Crippen molar-refractivity contribution in [2.45, 2.75) is 13.0 Å². The Labute approximate surface area is 127 Å². The molecule has 108 valence electrons. The first-order valence-electron chi connectivity index (χ1n) is 6.68. The van der Waals surface area contributed by atoms with Crippen LogP contribution in [0.3, 0.4) is 0 Å². The number of para-hydroxylation sites is 1. The maximum Gasteiger partial charge on any atom is 0.196 e. The number of halogens is 2. The lowest BCUT2D eigenvalue weighted by Gasteiger charge is -2.28. The predicted octanol–water partition coefficient (Wildman–Crippen LogP) is 3.66. The zero-order valence-electron chi connectivity index (χ0n) is 11.6. The molecule has 0 aliphatic carbocycles. The number of aliphatic imine (C=N–C) groups is 1. The van der Waals surface area contributed by atoms with Crippen LogP contribution in [0.2, 0.25) is 5.02 Å². The van der Waals surface area contributed by atoms with E-state index in [-0.39, 0.29) is 11.1 Å². The molecule has 21 heavy (non-hydrogen) atoms. The van der Waals surface area contributed by atoms with Crippen LogP contribution >= 0.6 is 11.6 Å². The molecule has 5 heteroatoms. The minimum absolute atomic E-state index is 0.114. The van der Waals surface area contributed by atoms with Crippen molar-refractivity contribution < 1.29 is 4.39 Å². The number of hydrogen-bond donors (Lipinski definition) is 1. The Balaban J connectivity index is 2.08. The van der Waals surface area contributed by atoms with Crippen LogP contribution in [0.5, 0.6) is 0 Å². The van der Waals surface area contributed by atoms with E-state index < -0.39 is 5.82 Å². The van der Waals surface area contributed by atoms with Crippen LogP contribution in [0.15, 0.2) is 47.5 Å². The number of guanidine groups is 1. The zero-order valence-corrected chi connectivity index (χ0v) is 12.3. The molecule has 2 aromatic rings. The molecule has 0 aromatic heterocycles. The average Bonchev–Trinajstić information content (AvgIpc) is 2.84. The summed E-state index contributed by atoms with van der Waals surface area (Å²) in [6.07, 6.45) is 0. The van der Waals surface area contributed by atoms with E-state index in [9.17, 15) is 4.39 Å². The summed E-state index contributed by atoms with van der Waals surface area (Å²) in [4.78, 5) is 6.14. The summed E-state index contributed by atoms with van der Waals surface area (Å²) < 4.78 is 14.3. The fourth-order valence-electron chi connectivity index (χ4n) is 2.64. The summed E-state index contributed by atoms with van der Waals surface area (Å²) in [5.41, 5.74) is 8.52. The van der Waals surface area contributed by atoms with E-state index in [0.29, 0.717) is 18.1 Å². The Morgan fingerprint density at radius 1 is 1.24 bits per heavy atom. The third-order valence-corrected chi connectivity index (χ3v) is 3.99. The maximum atomic E-state index is 14.3. The largest absolute Gasteiger partial charge is 0.369 e. The van der Waals surface area contributed by atoms with Crippen molar-refractivity contribution in [1.82, 2.24) is 0 Å². The Kier molecular flexibility index (Phi) is 3.55. The number of nitrogens with two attached hydrogens (primary N) is 1. The smallest absolute Gasteiger partial charge is 0.196 e. The second kappa shape index (κ2) is 5.37. The van der Waals surface area contributed by atoms with E-state index in [4.69, 9.17) is 17.3 Å². The van der Waals surface area contributed by atoms with Crippen LogP contribution in [0.1, 0.15) is 17.2 Å². The molecular weight excluding hydrogens is 289 g/mol. The molecular formula is C16H15ClFN3. The van der Waals surface area contributed by atoms with Gasteiger partial charge in [0.25, 0.3) is 0 Å². The lowest BCUT2D eigenvalue weighted by molar-refractivity contribution is 0.590. The molecule has 1 aliphatic heterocycles.